The molecular formula is C21H17BrClN3S. The number of hydrogen-bond acceptors (Lipinski definition) is 4. The highest BCUT2D eigenvalue weighted by Gasteiger charge is 2.18. The number of benzene rings is 2. The molecule has 0 unspecified atom stereocenters. The molecule has 136 valence electrons. The number of nitrogens with zero attached hydrogens (tertiary/aromatic N) is 2. The van der Waals surface area contributed by atoms with Gasteiger partial charge in [-0.25, -0.2) is 9.97 Å². The molecule has 2 heterocycles. The first-order chi connectivity index (χ1) is 13.1. The highest BCUT2D eigenvalue weighted by molar-refractivity contribution is 9.10. The molecule has 0 saturated heterocycles. The predicted molar refractivity (Wildman–Crippen MR) is 119 cm³/mol. The molecule has 2 aromatic heterocycles. The molecular weight excluding hydrogens is 442 g/mol. The molecule has 4 rings (SSSR count). The highest BCUT2D eigenvalue weighted by atomic mass is 79.9. The first-order valence-electron chi connectivity index (χ1n) is 8.62. The average Bonchev–Trinajstić information content (AvgIpc) is 3.05. The van der Waals surface area contributed by atoms with Gasteiger partial charge in [-0.05, 0) is 48.7 Å². The molecule has 0 fully saturated rings. The van der Waals surface area contributed by atoms with E-state index in [-0.39, 0.29) is 0 Å². The molecule has 0 spiro atoms. The summed E-state index contributed by atoms with van der Waals surface area (Å²) in [5.74, 6) is 0.800. The Kier molecular flexibility index (Phi) is 5.17. The van der Waals surface area contributed by atoms with Crippen LogP contribution in [0.4, 0.5) is 11.5 Å². The summed E-state index contributed by atoms with van der Waals surface area (Å²) >= 11 is 11.5. The maximum Gasteiger partial charge on any atom is 0.143 e. The third-order valence-corrected chi connectivity index (χ3v) is 6.63. The van der Waals surface area contributed by atoms with Gasteiger partial charge in [0.05, 0.1) is 5.39 Å². The fourth-order valence-corrected chi connectivity index (χ4v) is 4.60. The van der Waals surface area contributed by atoms with E-state index in [0.717, 1.165) is 43.2 Å². The second-order valence-electron chi connectivity index (χ2n) is 6.25. The number of fused-ring (bicyclic) bond motifs is 1. The van der Waals surface area contributed by atoms with Crippen LogP contribution in [0.3, 0.4) is 0 Å². The lowest BCUT2D eigenvalue weighted by Gasteiger charge is -2.10. The van der Waals surface area contributed by atoms with Crippen molar-refractivity contribution in [3.63, 3.8) is 0 Å². The van der Waals surface area contributed by atoms with Gasteiger partial charge in [-0.1, -0.05) is 52.7 Å². The molecule has 3 nitrogen and oxygen atoms in total. The maximum absolute atomic E-state index is 6.29. The molecule has 0 atom stereocenters. The summed E-state index contributed by atoms with van der Waals surface area (Å²) in [6.07, 6.45) is 2.56. The van der Waals surface area contributed by atoms with E-state index in [1.807, 2.05) is 25.1 Å². The zero-order valence-corrected chi connectivity index (χ0v) is 18.0. The summed E-state index contributed by atoms with van der Waals surface area (Å²) in [4.78, 5) is 11.3. The molecule has 6 heteroatoms. The molecule has 1 N–H and O–H groups in total. The third kappa shape index (κ3) is 3.59. The van der Waals surface area contributed by atoms with Crippen molar-refractivity contribution in [2.45, 2.75) is 20.3 Å². The topological polar surface area (TPSA) is 37.8 Å². The first-order valence-corrected chi connectivity index (χ1v) is 10.6. The Morgan fingerprint density at radius 1 is 1.11 bits per heavy atom. The number of halogens is 2. The van der Waals surface area contributed by atoms with Crippen molar-refractivity contribution >= 4 is 60.6 Å². The van der Waals surface area contributed by atoms with Gasteiger partial charge in [0.2, 0.25) is 0 Å². The molecule has 0 aliphatic carbocycles. The predicted octanol–water partition coefficient (Wildman–Crippen LogP) is 7.39. The lowest BCUT2D eigenvalue weighted by atomic mass is 10.0. The molecule has 2 aromatic carbocycles. The minimum atomic E-state index is 0.734. The van der Waals surface area contributed by atoms with Crippen LogP contribution in [-0.4, -0.2) is 9.97 Å². The van der Waals surface area contributed by atoms with Crippen molar-refractivity contribution in [1.29, 1.82) is 0 Å². The normalized spacial score (nSPS) is 11.1. The minimum Gasteiger partial charge on any atom is -0.340 e. The first kappa shape index (κ1) is 18.4. The minimum absolute atomic E-state index is 0.734. The number of thiophene rings is 1. The molecule has 4 aromatic rings. The van der Waals surface area contributed by atoms with Crippen molar-refractivity contribution in [2.24, 2.45) is 0 Å². The Labute approximate surface area is 175 Å². The SMILES string of the molecule is CCc1sc2ncnc(Nc3ccc(C)c(Cl)c3)c2c1-c1ccc(Br)cc1. The number of aryl methyl sites for hydroxylation is 2. The second kappa shape index (κ2) is 7.58. The van der Waals surface area contributed by atoms with Crippen LogP contribution < -0.4 is 5.32 Å². The zero-order valence-electron chi connectivity index (χ0n) is 14.9. The van der Waals surface area contributed by atoms with Crippen molar-refractivity contribution in [2.75, 3.05) is 5.32 Å². The lowest BCUT2D eigenvalue weighted by molar-refractivity contribution is 1.19. The van der Waals surface area contributed by atoms with Crippen LogP contribution in [0.1, 0.15) is 17.4 Å². The van der Waals surface area contributed by atoms with E-state index in [2.05, 4.69) is 62.4 Å². The van der Waals surface area contributed by atoms with Gasteiger partial charge in [0.25, 0.3) is 0 Å². The number of aromatic nitrogens is 2. The molecule has 0 bridgehead atoms. The van der Waals surface area contributed by atoms with Crippen molar-refractivity contribution in [3.8, 4) is 11.1 Å². The van der Waals surface area contributed by atoms with Crippen LogP contribution in [0.5, 0.6) is 0 Å². The van der Waals surface area contributed by atoms with E-state index >= 15 is 0 Å². The van der Waals surface area contributed by atoms with Gasteiger partial charge in [0, 0.05) is 25.6 Å². The number of anilines is 2. The summed E-state index contributed by atoms with van der Waals surface area (Å²) in [5, 5.41) is 5.22. The van der Waals surface area contributed by atoms with Crippen molar-refractivity contribution in [3.05, 3.63) is 68.7 Å². The second-order valence-corrected chi connectivity index (χ2v) is 8.66. The van der Waals surface area contributed by atoms with Gasteiger partial charge in [-0.3, -0.25) is 0 Å². The van der Waals surface area contributed by atoms with E-state index in [9.17, 15) is 0 Å². The van der Waals surface area contributed by atoms with E-state index in [4.69, 9.17) is 11.6 Å². The van der Waals surface area contributed by atoms with Crippen LogP contribution in [0, 0.1) is 6.92 Å². The monoisotopic (exact) mass is 457 g/mol. The summed E-state index contributed by atoms with van der Waals surface area (Å²) in [5.41, 5.74) is 4.33. The van der Waals surface area contributed by atoms with Gasteiger partial charge in [-0.15, -0.1) is 11.3 Å². The van der Waals surface area contributed by atoms with Crippen LogP contribution in [0.25, 0.3) is 21.3 Å². The number of hydrogen-bond donors (Lipinski definition) is 1. The lowest BCUT2D eigenvalue weighted by Crippen LogP contribution is -1.96. The van der Waals surface area contributed by atoms with E-state index in [1.165, 1.54) is 16.0 Å². The zero-order chi connectivity index (χ0) is 19.0. The van der Waals surface area contributed by atoms with Gasteiger partial charge < -0.3 is 5.32 Å². The quantitative estimate of drug-likeness (QED) is 0.346. The standard InChI is InChI=1S/C21H17BrClN3S/c1-3-17-18(13-5-7-14(22)8-6-13)19-20(24-11-25-21(19)27-17)26-15-9-4-12(2)16(23)10-15/h4-11H,3H2,1-2H3,(H,24,25,26). The maximum atomic E-state index is 6.29. The van der Waals surface area contributed by atoms with E-state index in [1.54, 1.807) is 17.7 Å². The highest BCUT2D eigenvalue weighted by Crippen LogP contribution is 2.42. The fourth-order valence-electron chi connectivity index (χ4n) is 3.05. The Bertz CT molecular complexity index is 1120. The Morgan fingerprint density at radius 2 is 1.89 bits per heavy atom. The van der Waals surface area contributed by atoms with Crippen LogP contribution in [-0.2, 0) is 6.42 Å². The van der Waals surface area contributed by atoms with Crippen LogP contribution in [0.2, 0.25) is 5.02 Å². The summed E-state index contributed by atoms with van der Waals surface area (Å²) in [7, 11) is 0. The smallest absolute Gasteiger partial charge is 0.143 e. The van der Waals surface area contributed by atoms with Crippen LogP contribution >= 0.6 is 38.9 Å². The summed E-state index contributed by atoms with van der Waals surface area (Å²) in [6, 6.07) is 14.3. The van der Waals surface area contributed by atoms with Gasteiger partial charge in [-0.2, -0.15) is 0 Å². The molecule has 0 aliphatic heterocycles. The number of nitrogens with one attached hydrogen (secondary N) is 1. The molecule has 27 heavy (non-hydrogen) atoms. The molecule has 0 aliphatic rings. The van der Waals surface area contributed by atoms with Crippen molar-refractivity contribution in [1.82, 2.24) is 9.97 Å². The van der Waals surface area contributed by atoms with E-state index in [0.29, 0.717) is 0 Å². The molecule has 0 amide bonds. The summed E-state index contributed by atoms with van der Waals surface area (Å²) in [6.45, 7) is 4.17. The van der Waals surface area contributed by atoms with Gasteiger partial charge in [0.15, 0.2) is 0 Å². The Hall–Kier alpha value is -1.95. The Balaban J connectivity index is 1.89. The molecule has 0 radical (unpaired) electrons. The largest absolute Gasteiger partial charge is 0.340 e. The Morgan fingerprint density at radius 3 is 2.59 bits per heavy atom. The average molecular weight is 459 g/mol. The fraction of sp³-hybridized carbons (Fsp3) is 0.143. The van der Waals surface area contributed by atoms with E-state index < -0.39 is 0 Å². The third-order valence-electron chi connectivity index (χ3n) is 4.45. The van der Waals surface area contributed by atoms with Crippen molar-refractivity contribution < 1.29 is 0 Å². The van der Waals surface area contributed by atoms with Gasteiger partial charge in [0.1, 0.15) is 17.0 Å². The number of rotatable bonds is 4. The molecule has 0 saturated carbocycles. The summed E-state index contributed by atoms with van der Waals surface area (Å²) < 4.78 is 1.06. The van der Waals surface area contributed by atoms with Crippen LogP contribution in [0.15, 0.2) is 53.3 Å². The van der Waals surface area contributed by atoms with Gasteiger partial charge >= 0.3 is 0 Å².